The van der Waals surface area contributed by atoms with Gasteiger partial charge in [0.2, 0.25) is 11.9 Å². The maximum Gasteiger partial charge on any atom is 0.257 e. The average molecular weight is 278 g/mol. The number of rotatable bonds is 6. The lowest BCUT2D eigenvalue weighted by Crippen LogP contribution is -2.35. The van der Waals surface area contributed by atoms with Crippen molar-refractivity contribution in [1.82, 2.24) is 24.7 Å². The van der Waals surface area contributed by atoms with Crippen LogP contribution in [0.4, 0.5) is 11.9 Å². The molecule has 0 saturated carbocycles. The Bertz CT molecular complexity index is 541. The number of hydrogen-bond donors (Lipinski definition) is 3. The van der Waals surface area contributed by atoms with Crippen LogP contribution in [0.3, 0.4) is 0 Å². The largest absolute Gasteiger partial charge is 0.395 e. The maximum atomic E-state index is 9.16. The van der Waals surface area contributed by atoms with E-state index in [1.54, 1.807) is 18.5 Å². The van der Waals surface area contributed by atoms with Crippen molar-refractivity contribution in [2.45, 2.75) is 19.9 Å². The van der Waals surface area contributed by atoms with Crippen molar-refractivity contribution in [1.29, 1.82) is 0 Å². The van der Waals surface area contributed by atoms with E-state index in [2.05, 4.69) is 25.5 Å². The molecule has 9 heteroatoms. The molecule has 0 aliphatic carbocycles. The smallest absolute Gasteiger partial charge is 0.257 e. The van der Waals surface area contributed by atoms with Crippen LogP contribution in [0.1, 0.15) is 13.8 Å². The minimum absolute atomic E-state index is 0.00630. The lowest BCUT2D eigenvalue weighted by Gasteiger charge is -2.26. The second-order valence-corrected chi connectivity index (χ2v) is 4.36. The molecule has 0 aromatic carbocycles. The third-order valence-corrected chi connectivity index (χ3v) is 2.67. The topological polar surface area (TPSA) is 118 Å². The van der Waals surface area contributed by atoms with Gasteiger partial charge in [-0.25, -0.2) is 10.5 Å². The number of nitrogens with zero attached hydrogens (tertiary/aromatic N) is 6. The lowest BCUT2D eigenvalue weighted by atomic mass is 10.3. The summed E-state index contributed by atoms with van der Waals surface area (Å²) < 4.78 is 1.52. The van der Waals surface area contributed by atoms with Crippen LogP contribution in [0, 0.1) is 0 Å². The number of nitrogens with two attached hydrogens (primary N) is 1. The molecule has 108 valence electrons. The van der Waals surface area contributed by atoms with Crippen molar-refractivity contribution in [2.75, 3.05) is 23.5 Å². The van der Waals surface area contributed by atoms with Crippen molar-refractivity contribution < 1.29 is 5.11 Å². The van der Waals surface area contributed by atoms with Gasteiger partial charge >= 0.3 is 0 Å². The molecule has 0 spiro atoms. The SMILES string of the molecule is CC(C)N(CCO)c1nc(NN)nc(-n2cccn2)n1. The van der Waals surface area contributed by atoms with E-state index in [-0.39, 0.29) is 18.6 Å². The molecular formula is C11H18N8O. The molecule has 9 nitrogen and oxygen atoms in total. The minimum atomic E-state index is 0.00630. The summed E-state index contributed by atoms with van der Waals surface area (Å²) >= 11 is 0. The second kappa shape index (κ2) is 6.26. The molecule has 0 fully saturated rings. The molecule has 0 radical (unpaired) electrons. The molecule has 2 aromatic heterocycles. The number of aromatic nitrogens is 5. The van der Waals surface area contributed by atoms with Crippen molar-refractivity contribution in [3.05, 3.63) is 18.5 Å². The highest BCUT2D eigenvalue weighted by atomic mass is 16.3. The summed E-state index contributed by atoms with van der Waals surface area (Å²) in [4.78, 5) is 14.6. The number of aliphatic hydroxyl groups excluding tert-OH is 1. The van der Waals surface area contributed by atoms with Gasteiger partial charge in [-0.15, -0.1) is 0 Å². The van der Waals surface area contributed by atoms with Gasteiger partial charge in [0.1, 0.15) is 0 Å². The van der Waals surface area contributed by atoms with Gasteiger partial charge in [-0.05, 0) is 19.9 Å². The van der Waals surface area contributed by atoms with Crippen LogP contribution in [0.15, 0.2) is 18.5 Å². The van der Waals surface area contributed by atoms with E-state index in [9.17, 15) is 0 Å². The average Bonchev–Trinajstić information content (AvgIpc) is 2.98. The van der Waals surface area contributed by atoms with Crippen LogP contribution < -0.4 is 16.2 Å². The lowest BCUT2D eigenvalue weighted by molar-refractivity contribution is 0.298. The predicted molar refractivity (Wildman–Crippen MR) is 74.3 cm³/mol. The van der Waals surface area contributed by atoms with Gasteiger partial charge < -0.3 is 10.0 Å². The van der Waals surface area contributed by atoms with Crippen molar-refractivity contribution >= 4 is 11.9 Å². The first kappa shape index (κ1) is 14.2. The first-order chi connectivity index (χ1) is 9.65. The number of hydrogen-bond acceptors (Lipinski definition) is 8. The zero-order valence-electron chi connectivity index (χ0n) is 11.4. The third kappa shape index (κ3) is 3.00. The number of aliphatic hydroxyl groups is 1. The van der Waals surface area contributed by atoms with Crippen LogP contribution in [0.5, 0.6) is 0 Å². The summed E-state index contributed by atoms with van der Waals surface area (Å²) in [6.45, 7) is 4.40. The van der Waals surface area contributed by atoms with Gasteiger partial charge in [0.15, 0.2) is 0 Å². The monoisotopic (exact) mass is 278 g/mol. The summed E-state index contributed by atoms with van der Waals surface area (Å²) in [6, 6.07) is 1.90. The van der Waals surface area contributed by atoms with Gasteiger partial charge in [-0.1, -0.05) is 0 Å². The van der Waals surface area contributed by atoms with Crippen molar-refractivity contribution in [2.24, 2.45) is 5.84 Å². The van der Waals surface area contributed by atoms with Crippen LogP contribution in [0.25, 0.3) is 5.95 Å². The predicted octanol–water partition coefficient (Wildman–Crippen LogP) is -0.450. The standard InChI is InChI=1S/C11H18N8O/c1-8(2)18(6-7-20)10-14-9(17-12)15-11(16-10)19-5-3-4-13-19/h3-5,8,20H,6-7,12H2,1-2H3,(H,14,15,16,17). The van der Waals surface area contributed by atoms with Crippen LogP contribution >= 0.6 is 0 Å². The molecule has 0 saturated heterocycles. The molecule has 2 rings (SSSR count). The van der Waals surface area contributed by atoms with Gasteiger partial charge in [0.05, 0.1) is 6.61 Å². The minimum Gasteiger partial charge on any atom is -0.395 e. The van der Waals surface area contributed by atoms with E-state index in [1.165, 1.54) is 4.68 Å². The Morgan fingerprint density at radius 1 is 1.40 bits per heavy atom. The number of nitrogens with one attached hydrogen (secondary N) is 1. The Kier molecular flexibility index (Phi) is 4.43. The Morgan fingerprint density at radius 2 is 2.20 bits per heavy atom. The summed E-state index contributed by atoms with van der Waals surface area (Å²) in [5.41, 5.74) is 2.41. The van der Waals surface area contributed by atoms with E-state index in [1.807, 2.05) is 18.7 Å². The summed E-state index contributed by atoms with van der Waals surface area (Å²) in [7, 11) is 0. The molecule has 4 N–H and O–H groups in total. The van der Waals surface area contributed by atoms with Gasteiger partial charge in [0, 0.05) is 25.0 Å². The number of hydrazine groups is 1. The van der Waals surface area contributed by atoms with Crippen molar-refractivity contribution in [3.63, 3.8) is 0 Å². The van der Waals surface area contributed by atoms with E-state index >= 15 is 0 Å². The fourth-order valence-electron chi connectivity index (χ4n) is 1.73. The normalized spacial score (nSPS) is 10.8. The molecule has 0 bridgehead atoms. The second-order valence-electron chi connectivity index (χ2n) is 4.36. The van der Waals surface area contributed by atoms with Gasteiger partial charge in [-0.2, -0.15) is 20.1 Å². The summed E-state index contributed by atoms with van der Waals surface area (Å²) in [5.74, 6) is 6.42. The first-order valence-electron chi connectivity index (χ1n) is 6.26. The van der Waals surface area contributed by atoms with E-state index in [0.717, 1.165) is 0 Å². The third-order valence-electron chi connectivity index (χ3n) is 2.67. The van der Waals surface area contributed by atoms with Gasteiger partial charge in [-0.3, -0.25) is 5.43 Å². The Hall–Kier alpha value is -2.26. The van der Waals surface area contributed by atoms with E-state index in [4.69, 9.17) is 10.9 Å². The summed E-state index contributed by atoms with van der Waals surface area (Å²) in [5, 5.41) is 13.2. The van der Waals surface area contributed by atoms with Crippen LogP contribution in [0.2, 0.25) is 0 Å². The van der Waals surface area contributed by atoms with E-state index < -0.39 is 0 Å². The Morgan fingerprint density at radius 3 is 2.75 bits per heavy atom. The molecule has 0 amide bonds. The number of anilines is 2. The highest BCUT2D eigenvalue weighted by molar-refractivity contribution is 5.40. The van der Waals surface area contributed by atoms with Crippen LogP contribution in [-0.4, -0.2) is 49.0 Å². The Balaban J connectivity index is 2.44. The first-order valence-corrected chi connectivity index (χ1v) is 6.26. The van der Waals surface area contributed by atoms with Crippen LogP contribution in [-0.2, 0) is 0 Å². The molecule has 0 aliphatic heterocycles. The molecular weight excluding hydrogens is 260 g/mol. The molecule has 20 heavy (non-hydrogen) atoms. The zero-order valence-corrected chi connectivity index (χ0v) is 11.4. The van der Waals surface area contributed by atoms with Gasteiger partial charge in [0.25, 0.3) is 5.95 Å². The molecule has 0 unspecified atom stereocenters. The zero-order chi connectivity index (χ0) is 14.5. The fourth-order valence-corrected chi connectivity index (χ4v) is 1.73. The highest BCUT2D eigenvalue weighted by Gasteiger charge is 2.16. The quantitative estimate of drug-likeness (QED) is 0.480. The summed E-state index contributed by atoms with van der Waals surface area (Å²) in [6.07, 6.45) is 3.36. The molecule has 2 heterocycles. The molecule has 2 aromatic rings. The van der Waals surface area contributed by atoms with E-state index in [0.29, 0.717) is 18.4 Å². The maximum absolute atomic E-state index is 9.16. The molecule has 0 aliphatic rings. The van der Waals surface area contributed by atoms with Crippen molar-refractivity contribution in [3.8, 4) is 5.95 Å². The fraction of sp³-hybridized carbons (Fsp3) is 0.455. The number of nitrogen functional groups attached to an aromatic ring is 1. The highest BCUT2D eigenvalue weighted by Crippen LogP contribution is 2.14. The Labute approximate surface area is 116 Å². The molecule has 0 atom stereocenters.